The Bertz CT molecular complexity index is 582. The molecule has 0 heterocycles. The highest BCUT2D eigenvalue weighted by Crippen LogP contribution is 2.84. The van der Waals surface area contributed by atoms with Gasteiger partial charge in [-0.3, -0.25) is 0 Å². The molecule has 6 unspecified atom stereocenters. The minimum atomic E-state index is -5.99. The Labute approximate surface area is 131 Å². The van der Waals surface area contributed by atoms with E-state index in [2.05, 4.69) is 0 Å². The van der Waals surface area contributed by atoms with E-state index in [1.54, 1.807) is 12.2 Å². The third kappa shape index (κ3) is 1.55. The maximum absolute atomic E-state index is 13.6. The van der Waals surface area contributed by atoms with Crippen molar-refractivity contribution in [1.82, 2.24) is 0 Å². The average Bonchev–Trinajstić information content (AvgIpc) is 2.89. The van der Waals surface area contributed by atoms with Crippen LogP contribution in [0.5, 0.6) is 0 Å². The van der Waals surface area contributed by atoms with Crippen molar-refractivity contribution < 1.29 is 39.5 Å². The summed E-state index contributed by atoms with van der Waals surface area (Å²) in [4.78, 5) is 0. The number of alkyl halides is 9. The molecule has 0 nitrogen and oxygen atoms in total. The number of allylic oxidation sites excluding steroid dienone is 2. The first-order valence-electron chi connectivity index (χ1n) is 7.65. The highest BCUT2D eigenvalue weighted by atomic mass is 19.4. The lowest BCUT2D eigenvalue weighted by atomic mass is 9.34. The van der Waals surface area contributed by atoms with E-state index in [1.807, 2.05) is 0 Å². The lowest BCUT2D eigenvalue weighted by molar-refractivity contribution is -0.450. The Balaban J connectivity index is 1.92. The first-order valence-corrected chi connectivity index (χ1v) is 7.65. The normalized spacial score (nSPS) is 46.0. The van der Waals surface area contributed by atoms with E-state index >= 15 is 0 Å². The van der Waals surface area contributed by atoms with Gasteiger partial charge >= 0.3 is 18.5 Å². The molecule has 0 aromatic rings. The first kappa shape index (κ1) is 16.6. The summed E-state index contributed by atoms with van der Waals surface area (Å²) < 4.78 is 122. The quantitative estimate of drug-likeness (QED) is 0.393. The fourth-order valence-corrected chi connectivity index (χ4v) is 6.42. The summed E-state index contributed by atoms with van der Waals surface area (Å²) in [5.74, 6) is -7.21. The highest BCUT2D eigenvalue weighted by Gasteiger charge is 2.90. The van der Waals surface area contributed by atoms with Gasteiger partial charge in [0, 0.05) is 0 Å². The fourth-order valence-electron chi connectivity index (χ4n) is 6.42. The van der Waals surface area contributed by atoms with Crippen molar-refractivity contribution in [3.63, 3.8) is 0 Å². The summed E-state index contributed by atoms with van der Waals surface area (Å²) in [5, 5.41) is 0. The summed E-state index contributed by atoms with van der Waals surface area (Å²) in [5.41, 5.74) is -5.73. The fraction of sp³-hybridized carbons (Fsp3) is 0.867. The molecule has 0 saturated heterocycles. The predicted molar refractivity (Wildman–Crippen MR) is 63.5 cm³/mol. The SMILES string of the molecule is FC(F)(F)C1CC23CC(C2C2C=CC3C2)C1(C(F)(F)F)C(F)(F)F. The van der Waals surface area contributed by atoms with Gasteiger partial charge in [0.2, 0.25) is 0 Å². The molecule has 0 aromatic heterocycles. The van der Waals surface area contributed by atoms with Crippen LogP contribution in [0.3, 0.4) is 0 Å². The molecule has 5 aliphatic rings. The van der Waals surface area contributed by atoms with E-state index in [4.69, 9.17) is 0 Å². The van der Waals surface area contributed by atoms with Gasteiger partial charge < -0.3 is 0 Å². The molecule has 0 amide bonds. The molecular weight excluding hydrogens is 351 g/mol. The molecule has 0 radical (unpaired) electrons. The summed E-state index contributed by atoms with van der Waals surface area (Å²) in [7, 11) is 0. The molecule has 5 rings (SSSR count). The molecular formula is C15H13F9. The second-order valence-electron chi connectivity index (χ2n) is 7.62. The number of hydrogen-bond acceptors (Lipinski definition) is 0. The van der Waals surface area contributed by atoms with Crippen molar-refractivity contribution in [1.29, 1.82) is 0 Å². The van der Waals surface area contributed by atoms with Crippen LogP contribution >= 0.6 is 0 Å². The average molecular weight is 364 g/mol. The molecule has 0 N–H and O–H groups in total. The molecule has 1 spiro atoms. The molecule has 0 aromatic carbocycles. The van der Waals surface area contributed by atoms with E-state index in [0.29, 0.717) is 6.42 Å². The van der Waals surface area contributed by atoms with Gasteiger partial charge in [-0.2, -0.15) is 39.5 Å². The van der Waals surface area contributed by atoms with Crippen LogP contribution in [-0.2, 0) is 0 Å². The van der Waals surface area contributed by atoms with Gasteiger partial charge in [-0.05, 0) is 48.3 Å². The summed E-state index contributed by atoms with van der Waals surface area (Å²) in [6, 6.07) is 0. The molecule has 0 aliphatic heterocycles. The summed E-state index contributed by atoms with van der Waals surface area (Å²) in [6.45, 7) is 0. The van der Waals surface area contributed by atoms with Crippen molar-refractivity contribution in [3.05, 3.63) is 12.2 Å². The first-order chi connectivity index (χ1) is 10.8. The van der Waals surface area contributed by atoms with Crippen LogP contribution < -0.4 is 0 Å². The van der Waals surface area contributed by atoms with Crippen LogP contribution in [0.4, 0.5) is 39.5 Å². The minimum absolute atomic E-state index is 0.326. The van der Waals surface area contributed by atoms with Gasteiger partial charge in [0.15, 0.2) is 5.41 Å². The molecule has 136 valence electrons. The highest BCUT2D eigenvalue weighted by molar-refractivity contribution is 5.32. The van der Waals surface area contributed by atoms with Gasteiger partial charge in [0.05, 0.1) is 5.92 Å². The maximum atomic E-state index is 13.6. The van der Waals surface area contributed by atoms with Gasteiger partial charge in [-0.25, -0.2) is 0 Å². The Kier molecular flexibility index (Phi) is 2.82. The lowest BCUT2D eigenvalue weighted by Gasteiger charge is -2.69. The third-order valence-corrected chi connectivity index (χ3v) is 7.07. The van der Waals surface area contributed by atoms with Gasteiger partial charge in [-0.15, -0.1) is 0 Å². The van der Waals surface area contributed by atoms with Crippen LogP contribution in [0.15, 0.2) is 12.2 Å². The topological polar surface area (TPSA) is 0 Å². The Morgan fingerprint density at radius 1 is 0.792 bits per heavy atom. The van der Waals surface area contributed by atoms with Crippen molar-refractivity contribution >= 4 is 0 Å². The molecule has 24 heavy (non-hydrogen) atoms. The smallest absolute Gasteiger partial charge is 0.171 e. The van der Waals surface area contributed by atoms with Crippen LogP contribution in [0.1, 0.15) is 19.3 Å². The summed E-state index contributed by atoms with van der Waals surface area (Å²) >= 11 is 0. The van der Waals surface area contributed by atoms with Gasteiger partial charge in [0.25, 0.3) is 0 Å². The zero-order chi connectivity index (χ0) is 17.9. The third-order valence-electron chi connectivity index (χ3n) is 7.07. The molecule has 9 heteroatoms. The molecule has 6 atom stereocenters. The minimum Gasteiger partial charge on any atom is -0.171 e. The number of rotatable bonds is 0. The Hall–Kier alpha value is -0.890. The zero-order valence-corrected chi connectivity index (χ0v) is 12.1. The van der Waals surface area contributed by atoms with Crippen LogP contribution in [-0.4, -0.2) is 18.5 Å². The van der Waals surface area contributed by atoms with Crippen LogP contribution in [0.25, 0.3) is 0 Å². The van der Waals surface area contributed by atoms with Crippen LogP contribution in [0.2, 0.25) is 0 Å². The zero-order valence-electron chi connectivity index (χ0n) is 12.1. The summed E-state index contributed by atoms with van der Waals surface area (Å²) in [6.07, 6.45) is -15.4. The Morgan fingerprint density at radius 2 is 1.38 bits per heavy atom. The van der Waals surface area contributed by atoms with Crippen molar-refractivity contribution in [2.75, 3.05) is 0 Å². The largest absolute Gasteiger partial charge is 0.404 e. The van der Waals surface area contributed by atoms with Crippen LogP contribution in [0, 0.1) is 40.4 Å². The maximum Gasteiger partial charge on any atom is 0.404 e. The number of halogens is 9. The van der Waals surface area contributed by atoms with E-state index < -0.39 is 65.9 Å². The second-order valence-corrected chi connectivity index (χ2v) is 7.62. The van der Waals surface area contributed by atoms with E-state index in [1.165, 1.54) is 0 Å². The standard InChI is InChI=1S/C15H13F9/c16-13(17,18)9-5-11-4-8(10(11)6-1-2-7(11)3-6)12(9,14(19,20)21)15(22,23)24/h1-2,6-10H,3-5H2. The molecule has 4 fully saturated rings. The van der Waals surface area contributed by atoms with E-state index in [9.17, 15) is 39.5 Å². The van der Waals surface area contributed by atoms with Crippen molar-refractivity contribution in [3.8, 4) is 0 Å². The van der Waals surface area contributed by atoms with Gasteiger partial charge in [0.1, 0.15) is 0 Å². The predicted octanol–water partition coefficient (Wildman–Crippen LogP) is 5.51. The molecule has 4 saturated carbocycles. The second kappa shape index (κ2) is 4.09. The monoisotopic (exact) mass is 364 g/mol. The van der Waals surface area contributed by atoms with Crippen molar-refractivity contribution in [2.45, 2.75) is 37.8 Å². The van der Waals surface area contributed by atoms with Gasteiger partial charge in [-0.1, -0.05) is 12.2 Å². The number of fused-ring (bicyclic) bond motifs is 4. The molecule has 4 bridgehead atoms. The van der Waals surface area contributed by atoms with Crippen molar-refractivity contribution in [2.24, 2.45) is 40.4 Å². The molecule has 5 aliphatic carbocycles. The number of hydrogen-bond donors (Lipinski definition) is 0. The van der Waals surface area contributed by atoms with E-state index in [0.717, 1.165) is 0 Å². The lowest BCUT2D eigenvalue weighted by Crippen LogP contribution is -2.75. The van der Waals surface area contributed by atoms with E-state index in [-0.39, 0.29) is 5.92 Å². The Morgan fingerprint density at radius 3 is 1.88 bits per heavy atom.